The Morgan fingerprint density at radius 3 is 2.75 bits per heavy atom. The second-order valence-electron chi connectivity index (χ2n) is 3.24. The molecule has 0 bridgehead atoms. The van der Waals surface area contributed by atoms with Crippen LogP contribution in [0.5, 0.6) is 0 Å². The van der Waals surface area contributed by atoms with Gasteiger partial charge in [-0.25, -0.2) is 4.79 Å². The molecule has 0 aliphatic heterocycles. The number of nitrogens with two attached hydrogens (primary N) is 1. The van der Waals surface area contributed by atoms with E-state index >= 15 is 0 Å². The van der Waals surface area contributed by atoms with E-state index in [0.29, 0.717) is 21.8 Å². The minimum Gasteiger partial charge on any atom is -0.475 e. The Hall–Kier alpha value is -1.94. The number of carbonyl (C=O) groups is 1. The first kappa shape index (κ1) is 10.6. The highest BCUT2D eigenvalue weighted by atomic mass is 35.5. The van der Waals surface area contributed by atoms with Crippen molar-refractivity contribution in [3.05, 3.63) is 41.3 Å². The summed E-state index contributed by atoms with van der Waals surface area (Å²) in [5.74, 6) is -1.25. The van der Waals surface area contributed by atoms with E-state index in [1.54, 1.807) is 18.2 Å². The van der Waals surface area contributed by atoms with Crippen LogP contribution in [0.4, 0.5) is 5.69 Å². The number of carboxylic acid groups (broad SMARTS) is 1. The Bertz CT molecular complexity index is 548. The molecule has 0 amide bonds. The van der Waals surface area contributed by atoms with E-state index < -0.39 is 5.97 Å². The highest BCUT2D eigenvalue weighted by molar-refractivity contribution is 6.31. The van der Waals surface area contributed by atoms with Gasteiger partial charge in [0.1, 0.15) is 0 Å². The quantitative estimate of drug-likeness (QED) is 0.788. The Morgan fingerprint density at radius 2 is 2.12 bits per heavy atom. The summed E-state index contributed by atoms with van der Waals surface area (Å²) < 4.78 is 4.88. The van der Waals surface area contributed by atoms with Crippen LogP contribution in [0.1, 0.15) is 10.6 Å². The van der Waals surface area contributed by atoms with E-state index in [-0.39, 0.29) is 5.76 Å². The van der Waals surface area contributed by atoms with Gasteiger partial charge in [-0.15, -0.1) is 0 Å². The van der Waals surface area contributed by atoms with E-state index in [1.807, 2.05) is 0 Å². The second-order valence-corrected chi connectivity index (χ2v) is 3.67. The molecule has 3 N–H and O–H groups in total. The Kier molecular flexibility index (Phi) is 2.58. The van der Waals surface area contributed by atoms with Crippen molar-refractivity contribution in [2.24, 2.45) is 0 Å². The van der Waals surface area contributed by atoms with Crippen LogP contribution in [0.25, 0.3) is 11.1 Å². The predicted molar refractivity (Wildman–Crippen MR) is 60.5 cm³/mol. The predicted octanol–water partition coefficient (Wildman–Crippen LogP) is 2.88. The number of nitrogen functional groups attached to an aromatic ring is 1. The van der Waals surface area contributed by atoms with Crippen molar-refractivity contribution in [2.45, 2.75) is 0 Å². The minimum absolute atomic E-state index is 0.130. The van der Waals surface area contributed by atoms with Gasteiger partial charge in [0.05, 0.1) is 6.26 Å². The highest BCUT2D eigenvalue weighted by Gasteiger charge is 2.12. The summed E-state index contributed by atoms with van der Waals surface area (Å²) in [6.07, 6.45) is 1.34. The van der Waals surface area contributed by atoms with Gasteiger partial charge in [-0.05, 0) is 24.3 Å². The third kappa shape index (κ3) is 1.87. The molecule has 1 heterocycles. The summed E-state index contributed by atoms with van der Waals surface area (Å²) in [6, 6.07) is 6.39. The third-order valence-electron chi connectivity index (χ3n) is 2.14. The molecule has 2 rings (SSSR count). The summed E-state index contributed by atoms with van der Waals surface area (Å²) in [4.78, 5) is 10.6. The van der Waals surface area contributed by atoms with Crippen molar-refractivity contribution < 1.29 is 14.3 Å². The molecule has 0 atom stereocenters. The molecular weight excluding hydrogens is 230 g/mol. The average Bonchev–Trinajstić information content (AvgIpc) is 2.70. The van der Waals surface area contributed by atoms with Gasteiger partial charge in [0.25, 0.3) is 0 Å². The zero-order valence-electron chi connectivity index (χ0n) is 8.11. The summed E-state index contributed by atoms with van der Waals surface area (Å²) in [6.45, 7) is 0. The molecule has 0 unspecified atom stereocenters. The van der Waals surface area contributed by atoms with Gasteiger partial charge >= 0.3 is 5.97 Å². The molecule has 0 saturated heterocycles. The highest BCUT2D eigenvalue weighted by Crippen LogP contribution is 2.30. The molecule has 0 fully saturated rings. The first-order valence-electron chi connectivity index (χ1n) is 4.45. The fraction of sp³-hybridized carbons (Fsp3) is 0. The number of anilines is 1. The van der Waals surface area contributed by atoms with E-state index in [2.05, 4.69) is 0 Å². The summed E-state index contributed by atoms with van der Waals surface area (Å²) in [5.41, 5.74) is 7.53. The van der Waals surface area contributed by atoms with Gasteiger partial charge in [0.2, 0.25) is 5.76 Å². The van der Waals surface area contributed by atoms with Crippen LogP contribution >= 0.6 is 11.6 Å². The molecule has 0 saturated carbocycles. The standard InChI is InChI=1S/C11H8ClNO3/c12-7-1-2-9(13)8(4-7)6-3-10(11(14)15)16-5-6/h1-5H,13H2,(H,14,15). The number of rotatable bonds is 2. The maximum atomic E-state index is 10.6. The first-order chi connectivity index (χ1) is 7.58. The molecule has 4 nitrogen and oxygen atoms in total. The Morgan fingerprint density at radius 1 is 1.38 bits per heavy atom. The molecule has 0 aliphatic rings. The Labute approximate surface area is 96.2 Å². The van der Waals surface area contributed by atoms with Crippen LogP contribution in [0.2, 0.25) is 5.02 Å². The molecule has 1 aromatic heterocycles. The number of furan rings is 1. The van der Waals surface area contributed by atoms with Gasteiger partial charge in [0, 0.05) is 21.8 Å². The zero-order valence-corrected chi connectivity index (χ0v) is 8.86. The monoisotopic (exact) mass is 237 g/mol. The molecular formula is C11H8ClNO3. The fourth-order valence-corrected chi connectivity index (χ4v) is 1.54. The SMILES string of the molecule is Nc1ccc(Cl)cc1-c1coc(C(=O)O)c1. The lowest BCUT2D eigenvalue weighted by Crippen LogP contribution is -1.92. The van der Waals surface area contributed by atoms with E-state index in [9.17, 15) is 4.79 Å². The van der Waals surface area contributed by atoms with E-state index in [4.69, 9.17) is 26.9 Å². The smallest absolute Gasteiger partial charge is 0.371 e. The molecule has 5 heteroatoms. The molecule has 82 valence electrons. The maximum absolute atomic E-state index is 10.6. The van der Waals surface area contributed by atoms with Crippen LogP contribution < -0.4 is 5.73 Å². The van der Waals surface area contributed by atoms with Crippen molar-refractivity contribution >= 4 is 23.3 Å². The van der Waals surface area contributed by atoms with Crippen molar-refractivity contribution in [3.8, 4) is 11.1 Å². The number of halogens is 1. The van der Waals surface area contributed by atoms with Crippen LogP contribution in [-0.4, -0.2) is 11.1 Å². The minimum atomic E-state index is -1.12. The third-order valence-corrected chi connectivity index (χ3v) is 2.37. The lowest BCUT2D eigenvalue weighted by Gasteiger charge is -2.02. The summed E-state index contributed by atoms with van der Waals surface area (Å²) in [7, 11) is 0. The number of hydrogen-bond donors (Lipinski definition) is 2. The maximum Gasteiger partial charge on any atom is 0.371 e. The van der Waals surface area contributed by atoms with Crippen LogP contribution in [0.3, 0.4) is 0 Å². The average molecular weight is 238 g/mol. The molecule has 0 aliphatic carbocycles. The number of carboxylic acids is 1. The molecule has 16 heavy (non-hydrogen) atoms. The lowest BCUT2D eigenvalue weighted by molar-refractivity contribution is 0.0662. The van der Waals surface area contributed by atoms with Crippen molar-refractivity contribution in [1.82, 2.24) is 0 Å². The summed E-state index contributed by atoms with van der Waals surface area (Å²) >= 11 is 5.83. The number of aromatic carboxylic acids is 1. The van der Waals surface area contributed by atoms with Crippen molar-refractivity contribution in [1.29, 1.82) is 0 Å². The second kappa shape index (κ2) is 3.90. The van der Waals surface area contributed by atoms with Crippen LogP contribution in [0, 0.1) is 0 Å². The van der Waals surface area contributed by atoms with Gasteiger partial charge in [-0.2, -0.15) is 0 Å². The van der Waals surface area contributed by atoms with Crippen LogP contribution in [0.15, 0.2) is 34.9 Å². The number of hydrogen-bond acceptors (Lipinski definition) is 3. The van der Waals surface area contributed by atoms with E-state index in [1.165, 1.54) is 12.3 Å². The van der Waals surface area contributed by atoms with Gasteiger partial charge in [0.15, 0.2) is 0 Å². The fourth-order valence-electron chi connectivity index (χ4n) is 1.37. The lowest BCUT2D eigenvalue weighted by atomic mass is 10.1. The van der Waals surface area contributed by atoms with Crippen molar-refractivity contribution in [3.63, 3.8) is 0 Å². The largest absolute Gasteiger partial charge is 0.475 e. The Balaban J connectivity index is 2.50. The van der Waals surface area contributed by atoms with Crippen molar-refractivity contribution in [2.75, 3.05) is 5.73 Å². The zero-order chi connectivity index (χ0) is 11.7. The molecule has 2 aromatic rings. The van der Waals surface area contributed by atoms with Crippen LogP contribution in [-0.2, 0) is 0 Å². The van der Waals surface area contributed by atoms with Gasteiger partial charge in [-0.3, -0.25) is 0 Å². The van der Waals surface area contributed by atoms with Gasteiger partial charge in [-0.1, -0.05) is 11.6 Å². The van der Waals surface area contributed by atoms with Gasteiger partial charge < -0.3 is 15.3 Å². The normalized spacial score (nSPS) is 10.3. The molecule has 1 aromatic carbocycles. The topological polar surface area (TPSA) is 76.5 Å². The number of benzene rings is 1. The molecule has 0 radical (unpaired) electrons. The van der Waals surface area contributed by atoms with E-state index in [0.717, 1.165) is 0 Å². The summed E-state index contributed by atoms with van der Waals surface area (Å²) in [5, 5.41) is 9.25. The first-order valence-corrected chi connectivity index (χ1v) is 4.83. The molecule has 0 spiro atoms.